The average molecular weight is 679 g/mol. The van der Waals surface area contributed by atoms with Crippen molar-refractivity contribution in [3.63, 3.8) is 0 Å². The molecule has 6 rings (SSSR count). The first kappa shape index (κ1) is 36.4. The Kier molecular flexibility index (Phi) is 13.7. The van der Waals surface area contributed by atoms with Gasteiger partial charge in [0.25, 0.3) is 0 Å². The Bertz CT molecular complexity index is 1500. The van der Waals surface area contributed by atoms with E-state index < -0.39 is 30.7 Å². The number of rotatable bonds is 16. The molecule has 1 heterocycles. The fraction of sp³-hybridized carbons (Fsp3) is 0.455. The molecule has 0 amide bonds. The van der Waals surface area contributed by atoms with Crippen molar-refractivity contribution < 1.29 is 28.4 Å². The van der Waals surface area contributed by atoms with Crippen LogP contribution in [0.2, 0.25) is 0 Å². The summed E-state index contributed by atoms with van der Waals surface area (Å²) in [7, 11) is 0. The van der Waals surface area contributed by atoms with Crippen molar-refractivity contribution in [3.8, 4) is 0 Å². The molecule has 4 aromatic carbocycles. The number of hydrogen-bond acceptors (Lipinski definition) is 6. The minimum Gasteiger partial charge on any atom is -0.374 e. The maximum absolute atomic E-state index is 7.13. The molecule has 1 saturated heterocycles. The van der Waals surface area contributed by atoms with Gasteiger partial charge in [0, 0.05) is 0 Å². The molecule has 2 aliphatic rings. The molecule has 0 N–H and O–H groups in total. The molecule has 0 bridgehead atoms. The van der Waals surface area contributed by atoms with Crippen molar-refractivity contribution >= 4 is 0 Å². The molecule has 3 unspecified atom stereocenters. The molecule has 8 atom stereocenters. The Morgan fingerprint density at radius 1 is 0.580 bits per heavy atom. The maximum atomic E-state index is 7.13. The third-order valence-corrected chi connectivity index (χ3v) is 10.1. The SMILES string of the molecule is CC1CCC(C(C)C)C(O[C@H]2O[C@H](COCc3ccccc3)[C@@H](OCc3ccccc3)[C@H](OCc3ccccc3)[C@H]2OCc2ccccc2)C1. The Balaban J connectivity index is 1.33. The molecule has 266 valence electrons. The molecular formula is C44H54O6. The zero-order valence-electron chi connectivity index (χ0n) is 29.8. The second kappa shape index (κ2) is 18.8. The first-order valence-corrected chi connectivity index (χ1v) is 18.4. The van der Waals surface area contributed by atoms with Gasteiger partial charge in [0.05, 0.1) is 39.1 Å². The van der Waals surface area contributed by atoms with E-state index in [2.05, 4.69) is 69.3 Å². The van der Waals surface area contributed by atoms with Gasteiger partial charge in [0.1, 0.15) is 24.4 Å². The lowest BCUT2D eigenvalue weighted by Gasteiger charge is -2.48. The van der Waals surface area contributed by atoms with Crippen LogP contribution in [0.15, 0.2) is 121 Å². The summed E-state index contributed by atoms with van der Waals surface area (Å²) in [5, 5.41) is 0. The Labute approximate surface area is 299 Å². The maximum Gasteiger partial charge on any atom is 0.187 e. The van der Waals surface area contributed by atoms with Gasteiger partial charge >= 0.3 is 0 Å². The van der Waals surface area contributed by atoms with Gasteiger partial charge in [0.2, 0.25) is 0 Å². The zero-order chi connectivity index (χ0) is 34.5. The van der Waals surface area contributed by atoms with Gasteiger partial charge in [0.15, 0.2) is 6.29 Å². The van der Waals surface area contributed by atoms with Gasteiger partial charge in [-0.25, -0.2) is 0 Å². The lowest BCUT2D eigenvalue weighted by molar-refractivity contribution is -0.341. The van der Waals surface area contributed by atoms with Crippen LogP contribution in [0.4, 0.5) is 0 Å². The topological polar surface area (TPSA) is 55.4 Å². The number of benzene rings is 4. The average Bonchev–Trinajstić information content (AvgIpc) is 3.14. The van der Waals surface area contributed by atoms with E-state index in [0.717, 1.165) is 35.1 Å². The predicted octanol–water partition coefficient (Wildman–Crippen LogP) is 9.16. The Morgan fingerprint density at radius 3 is 1.54 bits per heavy atom. The van der Waals surface area contributed by atoms with E-state index in [1.54, 1.807) is 0 Å². The van der Waals surface area contributed by atoms with Gasteiger partial charge in [-0.15, -0.1) is 0 Å². The highest BCUT2D eigenvalue weighted by Gasteiger charge is 2.50. The fourth-order valence-electron chi connectivity index (χ4n) is 7.30. The molecule has 6 heteroatoms. The fourth-order valence-corrected chi connectivity index (χ4v) is 7.30. The van der Waals surface area contributed by atoms with E-state index in [1.165, 1.54) is 6.42 Å². The van der Waals surface area contributed by atoms with Crippen LogP contribution in [-0.4, -0.2) is 43.4 Å². The first-order valence-electron chi connectivity index (χ1n) is 18.4. The standard InChI is InChI=1S/C44H54O6/c1-32(2)38-25-24-33(3)26-39(38)49-44-43(48-30-37-22-14-7-15-23-37)42(47-29-36-20-12-6-13-21-36)41(46-28-35-18-10-5-11-19-35)40(50-44)31-45-27-34-16-8-4-9-17-34/h4-23,32-33,38-44H,24-31H2,1-3H3/t33?,38?,39?,40-,41-,42+,43-,44+/m1/s1. The van der Waals surface area contributed by atoms with Crippen molar-refractivity contribution in [2.24, 2.45) is 17.8 Å². The van der Waals surface area contributed by atoms with Crippen molar-refractivity contribution in [3.05, 3.63) is 144 Å². The number of ether oxygens (including phenoxy) is 6. The molecule has 6 nitrogen and oxygen atoms in total. The van der Waals surface area contributed by atoms with Gasteiger partial charge in [-0.3, -0.25) is 0 Å². The zero-order valence-corrected chi connectivity index (χ0v) is 29.8. The van der Waals surface area contributed by atoms with Crippen LogP contribution in [0.5, 0.6) is 0 Å². The van der Waals surface area contributed by atoms with Gasteiger partial charge in [-0.05, 0) is 52.8 Å². The third kappa shape index (κ3) is 10.3. The second-order valence-electron chi connectivity index (χ2n) is 14.3. The quantitative estimate of drug-likeness (QED) is 0.118. The minimum absolute atomic E-state index is 0.0500. The van der Waals surface area contributed by atoms with Crippen LogP contribution in [0.25, 0.3) is 0 Å². The summed E-state index contributed by atoms with van der Waals surface area (Å²) in [6.45, 7) is 8.94. The Hall–Kier alpha value is -3.36. The van der Waals surface area contributed by atoms with Crippen molar-refractivity contribution in [1.29, 1.82) is 0 Å². The Morgan fingerprint density at radius 2 is 1.04 bits per heavy atom. The molecule has 0 radical (unpaired) electrons. The summed E-state index contributed by atoms with van der Waals surface area (Å²) in [6, 6.07) is 41.0. The van der Waals surface area contributed by atoms with Crippen LogP contribution >= 0.6 is 0 Å². The van der Waals surface area contributed by atoms with Crippen LogP contribution in [0, 0.1) is 17.8 Å². The van der Waals surface area contributed by atoms with Crippen LogP contribution in [0.1, 0.15) is 62.3 Å². The third-order valence-electron chi connectivity index (χ3n) is 10.1. The summed E-state index contributed by atoms with van der Waals surface area (Å²) in [5.41, 5.74) is 4.34. The number of hydrogen-bond donors (Lipinski definition) is 0. The van der Waals surface area contributed by atoms with E-state index >= 15 is 0 Å². The smallest absolute Gasteiger partial charge is 0.187 e. The summed E-state index contributed by atoms with van der Waals surface area (Å²) < 4.78 is 41.1. The molecule has 2 fully saturated rings. The second-order valence-corrected chi connectivity index (χ2v) is 14.3. The van der Waals surface area contributed by atoms with E-state index in [4.69, 9.17) is 28.4 Å². The summed E-state index contributed by atoms with van der Waals surface area (Å²) in [4.78, 5) is 0. The molecular weight excluding hydrogens is 624 g/mol. The normalized spacial score (nSPS) is 27.0. The van der Waals surface area contributed by atoms with Gasteiger partial charge in [-0.1, -0.05) is 149 Å². The van der Waals surface area contributed by atoms with Crippen molar-refractivity contribution in [2.45, 2.75) is 103 Å². The van der Waals surface area contributed by atoms with Crippen LogP contribution in [-0.2, 0) is 54.8 Å². The monoisotopic (exact) mass is 678 g/mol. The molecule has 0 aromatic heterocycles. The first-order chi connectivity index (χ1) is 24.5. The van der Waals surface area contributed by atoms with Gasteiger partial charge in [-0.2, -0.15) is 0 Å². The highest BCUT2D eigenvalue weighted by Crippen LogP contribution is 2.39. The lowest BCUT2D eigenvalue weighted by Crippen LogP contribution is -2.62. The summed E-state index contributed by atoms with van der Waals surface area (Å²) >= 11 is 0. The molecule has 1 aliphatic carbocycles. The highest BCUT2D eigenvalue weighted by molar-refractivity contribution is 5.16. The van der Waals surface area contributed by atoms with Gasteiger partial charge < -0.3 is 28.4 Å². The van der Waals surface area contributed by atoms with E-state index in [1.807, 2.05) is 72.8 Å². The van der Waals surface area contributed by atoms with E-state index in [9.17, 15) is 0 Å². The van der Waals surface area contributed by atoms with Crippen LogP contribution < -0.4 is 0 Å². The molecule has 4 aromatic rings. The summed E-state index contributed by atoms with van der Waals surface area (Å²) in [6.07, 6.45) is 0.756. The molecule has 0 spiro atoms. The molecule has 50 heavy (non-hydrogen) atoms. The highest BCUT2D eigenvalue weighted by atomic mass is 16.7. The van der Waals surface area contributed by atoms with E-state index in [-0.39, 0.29) is 6.10 Å². The molecule has 1 saturated carbocycles. The summed E-state index contributed by atoms with van der Waals surface area (Å²) in [5.74, 6) is 1.52. The largest absolute Gasteiger partial charge is 0.374 e. The minimum atomic E-state index is -0.669. The predicted molar refractivity (Wildman–Crippen MR) is 196 cm³/mol. The van der Waals surface area contributed by atoms with Crippen LogP contribution in [0.3, 0.4) is 0 Å². The van der Waals surface area contributed by atoms with E-state index in [0.29, 0.717) is 50.8 Å². The lowest BCUT2D eigenvalue weighted by atomic mass is 9.75. The van der Waals surface area contributed by atoms with Crippen molar-refractivity contribution in [2.75, 3.05) is 6.61 Å². The molecule has 1 aliphatic heterocycles. The van der Waals surface area contributed by atoms with Crippen molar-refractivity contribution in [1.82, 2.24) is 0 Å².